The molecule has 0 radical (unpaired) electrons. The average molecular weight is 160 g/mol. The van der Waals surface area contributed by atoms with E-state index in [4.69, 9.17) is 0 Å². The van der Waals surface area contributed by atoms with E-state index < -0.39 is 0 Å². The van der Waals surface area contributed by atoms with Crippen LogP contribution in [0.15, 0.2) is 12.1 Å². The first-order valence-electron chi connectivity index (χ1n) is 4.76. The first-order chi connectivity index (χ1) is 5.68. The van der Waals surface area contributed by atoms with Crippen LogP contribution in [0.25, 0.3) is 0 Å². The normalized spacial score (nSPS) is 16.6. The molecule has 0 aliphatic heterocycles. The van der Waals surface area contributed by atoms with Crippen molar-refractivity contribution in [3.8, 4) is 0 Å². The second-order valence-corrected chi connectivity index (χ2v) is 4.07. The maximum atomic E-state index is 2.36. The molecule has 0 atom stereocenters. The van der Waals surface area contributed by atoms with Gasteiger partial charge in [0, 0.05) is 0 Å². The second-order valence-electron chi connectivity index (χ2n) is 4.07. The zero-order chi connectivity index (χ0) is 8.72. The lowest BCUT2D eigenvalue weighted by Gasteiger charge is -2.08. The molecule has 0 bridgehead atoms. The monoisotopic (exact) mass is 160 g/mol. The summed E-state index contributed by atoms with van der Waals surface area (Å²) in [4.78, 5) is 0. The van der Waals surface area contributed by atoms with Crippen molar-refractivity contribution in [3.05, 3.63) is 34.4 Å². The quantitative estimate of drug-likeness (QED) is 0.590. The lowest BCUT2D eigenvalue weighted by molar-refractivity contribution is 1.07. The van der Waals surface area contributed by atoms with Crippen molar-refractivity contribution in [3.63, 3.8) is 0 Å². The molecule has 0 heteroatoms. The van der Waals surface area contributed by atoms with E-state index in [-0.39, 0.29) is 0 Å². The van der Waals surface area contributed by atoms with E-state index in [1.54, 1.807) is 5.56 Å². The average Bonchev–Trinajstić information content (AvgIpc) is 2.79. The van der Waals surface area contributed by atoms with Crippen LogP contribution in [-0.2, 0) is 0 Å². The van der Waals surface area contributed by atoms with Crippen molar-refractivity contribution < 1.29 is 0 Å². The van der Waals surface area contributed by atoms with E-state index >= 15 is 0 Å². The summed E-state index contributed by atoms with van der Waals surface area (Å²) in [7, 11) is 0. The van der Waals surface area contributed by atoms with Gasteiger partial charge in [0.25, 0.3) is 0 Å². The molecule has 64 valence electrons. The molecule has 1 aromatic rings. The summed E-state index contributed by atoms with van der Waals surface area (Å²) >= 11 is 0. The van der Waals surface area contributed by atoms with E-state index in [0.717, 1.165) is 5.92 Å². The summed E-state index contributed by atoms with van der Waals surface area (Å²) in [6.07, 6.45) is 2.81. The smallest absolute Gasteiger partial charge is 0.0159 e. The van der Waals surface area contributed by atoms with Gasteiger partial charge in [-0.15, -0.1) is 0 Å². The zero-order valence-corrected chi connectivity index (χ0v) is 8.15. The fourth-order valence-electron chi connectivity index (χ4n) is 1.89. The van der Waals surface area contributed by atoms with Crippen molar-refractivity contribution in [1.29, 1.82) is 0 Å². The molecule has 1 fully saturated rings. The minimum Gasteiger partial charge on any atom is -0.0561 e. The highest BCUT2D eigenvalue weighted by Crippen LogP contribution is 2.42. The molecule has 1 saturated carbocycles. The third-order valence-electron chi connectivity index (χ3n) is 2.87. The van der Waals surface area contributed by atoms with Crippen molar-refractivity contribution in [2.24, 2.45) is 0 Å². The van der Waals surface area contributed by atoms with E-state index in [1.807, 2.05) is 0 Å². The molecule has 2 rings (SSSR count). The molecule has 0 unspecified atom stereocenters. The maximum absolute atomic E-state index is 2.36. The predicted octanol–water partition coefficient (Wildman–Crippen LogP) is 3.49. The second kappa shape index (κ2) is 2.62. The molecule has 1 aliphatic rings. The molecule has 0 N–H and O–H groups in total. The van der Waals surface area contributed by atoms with E-state index in [9.17, 15) is 0 Å². The summed E-state index contributed by atoms with van der Waals surface area (Å²) < 4.78 is 0. The van der Waals surface area contributed by atoms with Crippen molar-refractivity contribution in [2.45, 2.75) is 39.5 Å². The van der Waals surface area contributed by atoms with Gasteiger partial charge in [-0.3, -0.25) is 0 Å². The summed E-state index contributed by atoms with van der Waals surface area (Å²) in [6.45, 7) is 6.66. The molecule has 0 amide bonds. The van der Waals surface area contributed by atoms with Crippen LogP contribution in [0.1, 0.15) is 41.0 Å². The van der Waals surface area contributed by atoms with Crippen molar-refractivity contribution >= 4 is 0 Å². The minimum atomic E-state index is 0.892. The Labute approximate surface area is 74.6 Å². The first-order valence-corrected chi connectivity index (χ1v) is 4.76. The van der Waals surface area contributed by atoms with E-state index in [2.05, 4.69) is 32.9 Å². The van der Waals surface area contributed by atoms with Crippen LogP contribution in [-0.4, -0.2) is 0 Å². The Morgan fingerprint density at radius 1 is 1.08 bits per heavy atom. The third kappa shape index (κ3) is 1.26. The zero-order valence-electron chi connectivity index (χ0n) is 8.15. The number of aryl methyl sites for hydroxylation is 2. The third-order valence-corrected chi connectivity index (χ3v) is 2.87. The van der Waals surface area contributed by atoms with Gasteiger partial charge in [0.15, 0.2) is 0 Å². The highest BCUT2D eigenvalue weighted by molar-refractivity contribution is 5.40. The topological polar surface area (TPSA) is 0 Å². The Kier molecular flexibility index (Phi) is 1.71. The number of benzene rings is 1. The summed E-state index contributed by atoms with van der Waals surface area (Å²) in [6, 6.07) is 4.64. The molecule has 1 aromatic carbocycles. The Morgan fingerprint density at radius 2 is 1.75 bits per heavy atom. The molecule has 0 aromatic heterocycles. The van der Waals surface area contributed by atoms with Crippen LogP contribution in [0.3, 0.4) is 0 Å². The standard InChI is InChI=1S/C12H16/c1-8-6-9(2)10(3)12(7-8)11-4-5-11/h6-7,11H,4-5H2,1-3H3. The Balaban J connectivity index is 2.51. The first kappa shape index (κ1) is 7.85. The van der Waals surface area contributed by atoms with Gasteiger partial charge < -0.3 is 0 Å². The number of hydrogen-bond acceptors (Lipinski definition) is 0. The fourth-order valence-corrected chi connectivity index (χ4v) is 1.89. The van der Waals surface area contributed by atoms with Crippen molar-refractivity contribution in [2.75, 3.05) is 0 Å². The van der Waals surface area contributed by atoms with Gasteiger partial charge >= 0.3 is 0 Å². The van der Waals surface area contributed by atoms with Crippen LogP contribution in [0, 0.1) is 20.8 Å². The van der Waals surface area contributed by atoms with Gasteiger partial charge in [0.05, 0.1) is 0 Å². The van der Waals surface area contributed by atoms with Gasteiger partial charge in [-0.2, -0.15) is 0 Å². The molecule has 0 saturated heterocycles. The number of rotatable bonds is 1. The lowest BCUT2D eigenvalue weighted by atomic mass is 9.97. The van der Waals surface area contributed by atoms with Gasteiger partial charge in [0.2, 0.25) is 0 Å². The highest BCUT2D eigenvalue weighted by Gasteiger charge is 2.25. The van der Waals surface area contributed by atoms with Gasteiger partial charge in [-0.05, 0) is 56.2 Å². The van der Waals surface area contributed by atoms with E-state index in [0.29, 0.717) is 0 Å². The predicted molar refractivity (Wildman–Crippen MR) is 52.6 cm³/mol. The van der Waals surface area contributed by atoms with E-state index in [1.165, 1.54) is 29.5 Å². The molecule has 0 heterocycles. The Hall–Kier alpha value is -0.780. The van der Waals surface area contributed by atoms with Crippen LogP contribution in [0.5, 0.6) is 0 Å². The molecular weight excluding hydrogens is 144 g/mol. The molecular formula is C12H16. The maximum Gasteiger partial charge on any atom is -0.0159 e. The molecule has 12 heavy (non-hydrogen) atoms. The van der Waals surface area contributed by atoms with Gasteiger partial charge in [0.1, 0.15) is 0 Å². The molecule has 0 spiro atoms. The summed E-state index contributed by atoms with van der Waals surface area (Å²) in [5.41, 5.74) is 5.99. The minimum absolute atomic E-state index is 0.892. The van der Waals surface area contributed by atoms with Gasteiger partial charge in [-0.25, -0.2) is 0 Å². The molecule has 1 aliphatic carbocycles. The molecule has 0 nitrogen and oxygen atoms in total. The van der Waals surface area contributed by atoms with Gasteiger partial charge in [-0.1, -0.05) is 17.7 Å². The Morgan fingerprint density at radius 3 is 2.33 bits per heavy atom. The summed E-state index contributed by atoms with van der Waals surface area (Å²) in [5.74, 6) is 0.892. The van der Waals surface area contributed by atoms with Crippen LogP contribution in [0.2, 0.25) is 0 Å². The number of hydrogen-bond donors (Lipinski definition) is 0. The van der Waals surface area contributed by atoms with Crippen LogP contribution < -0.4 is 0 Å². The van der Waals surface area contributed by atoms with Crippen LogP contribution >= 0.6 is 0 Å². The summed E-state index contributed by atoms with van der Waals surface area (Å²) in [5, 5.41) is 0. The largest absolute Gasteiger partial charge is 0.0561 e. The van der Waals surface area contributed by atoms with Crippen LogP contribution in [0.4, 0.5) is 0 Å². The SMILES string of the molecule is Cc1cc(C)c(C)c(C2CC2)c1. The highest BCUT2D eigenvalue weighted by atomic mass is 14.3. The lowest BCUT2D eigenvalue weighted by Crippen LogP contribution is -1.91. The van der Waals surface area contributed by atoms with Crippen molar-refractivity contribution in [1.82, 2.24) is 0 Å². The Bertz CT molecular complexity index is 306. The fraction of sp³-hybridized carbons (Fsp3) is 0.500.